The van der Waals surface area contributed by atoms with Crippen molar-refractivity contribution < 1.29 is 5.11 Å². The van der Waals surface area contributed by atoms with Gasteiger partial charge in [0.25, 0.3) is 0 Å². The molecule has 2 atom stereocenters. The first-order chi connectivity index (χ1) is 8.17. The number of nitrogens with one attached hydrogen (secondary N) is 1. The van der Waals surface area contributed by atoms with Crippen LogP contribution in [0.1, 0.15) is 26.2 Å². The highest BCUT2D eigenvalue weighted by atomic mass is 16.3. The van der Waals surface area contributed by atoms with Crippen LogP contribution in [0.15, 0.2) is 0 Å². The molecule has 0 aromatic rings. The molecule has 2 rings (SSSR count). The van der Waals surface area contributed by atoms with E-state index in [0.29, 0.717) is 0 Å². The summed E-state index contributed by atoms with van der Waals surface area (Å²) >= 11 is 0. The van der Waals surface area contributed by atoms with Crippen LogP contribution in [0, 0.1) is 0 Å². The van der Waals surface area contributed by atoms with Gasteiger partial charge in [0.1, 0.15) is 0 Å². The van der Waals surface area contributed by atoms with Crippen molar-refractivity contribution in [3.05, 3.63) is 0 Å². The van der Waals surface area contributed by atoms with E-state index in [9.17, 15) is 5.11 Å². The monoisotopic (exact) mass is 241 g/mol. The zero-order chi connectivity index (χ0) is 12.3. The fraction of sp³-hybridized carbons (Fsp3) is 1.00. The summed E-state index contributed by atoms with van der Waals surface area (Å²) in [6.45, 7) is 8.07. The number of piperazine rings is 1. The zero-order valence-electron chi connectivity index (χ0n) is 11.3. The number of piperidine rings is 1. The molecule has 2 saturated heterocycles. The second-order valence-electron chi connectivity index (χ2n) is 5.89. The number of hydrogen-bond donors (Lipinski definition) is 2. The molecular formula is C13H27N3O. The Labute approximate surface area is 105 Å². The van der Waals surface area contributed by atoms with E-state index in [2.05, 4.69) is 22.0 Å². The van der Waals surface area contributed by atoms with Gasteiger partial charge < -0.3 is 10.4 Å². The van der Waals surface area contributed by atoms with Crippen LogP contribution >= 0.6 is 0 Å². The lowest BCUT2D eigenvalue weighted by atomic mass is 9.97. The average Bonchev–Trinajstić information content (AvgIpc) is 2.38. The van der Waals surface area contributed by atoms with Crippen LogP contribution in [0.25, 0.3) is 0 Å². The topological polar surface area (TPSA) is 38.7 Å². The minimum absolute atomic E-state index is 0.156. The van der Waals surface area contributed by atoms with Gasteiger partial charge >= 0.3 is 0 Å². The number of aliphatic hydroxyl groups is 1. The summed E-state index contributed by atoms with van der Waals surface area (Å²) in [5.74, 6) is 0. The van der Waals surface area contributed by atoms with Gasteiger partial charge in [-0.2, -0.15) is 0 Å². The van der Waals surface area contributed by atoms with Crippen LogP contribution in [0.5, 0.6) is 0 Å². The number of hydrogen-bond acceptors (Lipinski definition) is 4. The smallest absolute Gasteiger partial charge is 0.0623 e. The standard InChI is InChI=1S/C13H27N3O/c1-13(11-17,14-2)10-15-7-8-16-6-4-3-5-12(16)9-15/h12,14,17H,3-11H2,1-2H3. The summed E-state index contributed by atoms with van der Waals surface area (Å²) in [6.07, 6.45) is 4.12. The molecule has 2 unspecified atom stereocenters. The van der Waals surface area contributed by atoms with E-state index in [1.807, 2.05) is 7.05 Å². The number of aliphatic hydroxyl groups excluding tert-OH is 1. The minimum Gasteiger partial charge on any atom is -0.394 e. The first-order valence-corrected chi connectivity index (χ1v) is 6.93. The summed E-state index contributed by atoms with van der Waals surface area (Å²) in [6, 6.07) is 0.761. The SMILES string of the molecule is CNC(C)(CO)CN1CCN2CCCCC2C1. The average molecular weight is 241 g/mol. The van der Waals surface area contributed by atoms with Crippen molar-refractivity contribution in [3.63, 3.8) is 0 Å². The van der Waals surface area contributed by atoms with Crippen molar-refractivity contribution in [1.29, 1.82) is 0 Å². The molecule has 0 radical (unpaired) electrons. The van der Waals surface area contributed by atoms with Gasteiger partial charge in [0, 0.05) is 32.2 Å². The predicted octanol–water partition coefficient (Wildman–Crippen LogP) is 0.127. The van der Waals surface area contributed by atoms with Crippen LogP contribution in [0.3, 0.4) is 0 Å². The van der Waals surface area contributed by atoms with E-state index < -0.39 is 0 Å². The van der Waals surface area contributed by atoms with Gasteiger partial charge in [0.05, 0.1) is 12.1 Å². The van der Waals surface area contributed by atoms with E-state index >= 15 is 0 Å². The van der Waals surface area contributed by atoms with Gasteiger partial charge in [-0.3, -0.25) is 9.80 Å². The number of rotatable bonds is 4. The number of likely N-dealkylation sites (N-methyl/N-ethyl adjacent to an activating group) is 1. The molecule has 100 valence electrons. The van der Waals surface area contributed by atoms with Crippen molar-refractivity contribution in [2.45, 2.75) is 37.8 Å². The van der Waals surface area contributed by atoms with E-state index in [1.54, 1.807) is 0 Å². The molecule has 2 N–H and O–H groups in total. The summed E-state index contributed by atoms with van der Waals surface area (Å²) in [4.78, 5) is 5.16. The first-order valence-electron chi connectivity index (χ1n) is 6.93. The molecule has 0 spiro atoms. The maximum Gasteiger partial charge on any atom is 0.0623 e. The minimum atomic E-state index is -0.156. The molecule has 0 aliphatic carbocycles. The molecule has 0 amide bonds. The van der Waals surface area contributed by atoms with Gasteiger partial charge in [0.2, 0.25) is 0 Å². The van der Waals surface area contributed by atoms with E-state index in [4.69, 9.17) is 0 Å². The first kappa shape index (κ1) is 13.3. The highest BCUT2D eigenvalue weighted by Crippen LogP contribution is 2.21. The molecular weight excluding hydrogens is 214 g/mol. The molecule has 17 heavy (non-hydrogen) atoms. The fourth-order valence-electron chi connectivity index (χ4n) is 3.07. The lowest BCUT2D eigenvalue weighted by Gasteiger charge is -2.46. The van der Waals surface area contributed by atoms with Crippen LogP contribution in [0.2, 0.25) is 0 Å². The number of fused-ring (bicyclic) bond motifs is 1. The quantitative estimate of drug-likeness (QED) is 0.734. The lowest BCUT2D eigenvalue weighted by molar-refractivity contribution is 0.0281. The highest BCUT2D eigenvalue weighted by Gasteiger charge is 2.32. The summed E-state index contributed by atoms with van der Waals surface area (Å²) in [5, 5.41) is 12.7. The van der Waals surface area contributed by atoms with Crippen molar-refractivity contribution in [3.8, 4) is 0 Å². The van der Waals surface area contributed by atoms with Crippen molar-refractivity contribution in [2.75, 3.05) is 46.4 Å². The molecule has 0 saturated carbocycles. The van der Waals surface area contributed by atoms with Crippen LogP contribution in [-0.2, 0) is 0 Å². The van der Waals surface area contributed by atoms with Gasteiger partial charge in [-0.15, -0.1) is 0 Å². The third-order valence-corrected chi connectivity index (χ3v) is 4.45. The molecule has 2 aliphatic rings. The van der Waals surface area contributed by atoms with Crippen molar-refractivity contribution in [2.24, 2.45) is 0 Å². The Morgan fingerprint density at radius 2 is 2.12 bits per heavy atom. The number of nitrogens with zero attached hydrogens (tertiary/aromatic N) is 2. The van der Waals surface area contributed by atoms with Crippen molar-refractivity contribution >= 4 is 0 Å². The van der Waals surface area contributed by atoms with E-state index in [0.717, 1.165) is 19.1 Å². The molecule has 4 heteroatoms. The Hall–Kier alpha value is -0.160. The predicted molar refractivity (Wildman–Crippen MR) is 70.2 cm³/mol. The Morgan fingerprint density at radius 3 is 2.82 bits per heavy atom. The van der Waals surface area contributed by atoms with E-state index in [1.165, 1.54) is 38.9 Å². The largest absolute Gasteiger partial charge is 0.394 e. The maximum absolute atomic E-state index is 9.45. The molecule has 0 bridgehead atoms. The highest BCUT2D eigenvalue weighted by molar-refractivity contribution is 4.90. The van der Waals surface area contributed by atoms with Gasteiger partial charge in [-0.25, -0.2) is 0 Å². The second-order valence-corrected chi connectivity index (χ2v) is 5.89. The summed E-state index contributed by atoms with van der Waals surface area (Å²) in [7, 11) is 1.94. The Kier molecular flexibility index (Phi) is 4.42. The second kappa shape index (κ2) is 5.65. The van der Waals surface area contributed by atoms with E-state index in [-0.39, 0.29) is 12.1 Å². The molecule has 2 fully saturated rings. The zero-order valence-corrected chi connectivity index (χ0v) is 11.3. The Balaban J connectivity index is 1.87. The normalized spacial score (nSPS) is 30.9. The molecule has 2 aliphatic heterocycles. The fourth-order valence-corrected chi connectivity index (χ4v) is 3.07. The summed E-state index contributed by atoms with van der Waals surface area (Å²) < 4.78 is 0. The van der Waals surface area contributed by atoms with Gasteiger partial charge in [-0.05, 0) is 33.4 Å². The van der Waals surface area contributed by atoms with Crippen molar-refractivity contribution in [1.82, 2.24) is 15.1 Å². The Bertz CT molecular complexity index is 243. The lowest BCUT2D eigenvalue weighted by Crippen LogP contribution is -2.60. The molecule has 4 nitrogen and oxygen atoms in total. The summed E-state index contributed by atoms with van der Waals surface area (Å²) in [5.41, 5.74) is -0.156. The van der Waals surface area contributed by atoms with Crippen LogP contribution in [-0.4, -0.2) is 72.9 Å². The van der Waals surface area contributed by atoms with Gasteiger partial charge in [0.15, 0.2) is 0 Å². The molecule has 2 heterocycles. The third-order valence-electron chi connectivity index (χ3n) is 4.45. The van der Waals surface area contributed by atoms with Gasteiger partial charge in [-0.1, -0.05) is 6.42 Å². The Morgan fingerprint density at radius 1 is 1.29 bits per heavy atom. The molecule has 0 aromatic heterocycles. The molecule has 0 aromatic carbocycles. The van der Waals surface area contributed by atoms with Crippen LogP contribution < -0.4 is 5.32 Å². The van der Waals surface area contributed by atoms with Crippen LogP contribution in [0.4, 0.5) is 0 Å². The maximum atomic E-state index is 9.45. The third kappa shape index (κ3) is 3.19.